The fraction of sp³-hybridized carbons (Fsp3) is 0.304. The quantitative estimate of drug-likeness (QED) is 0.541. The van der Waals surface area contributed by atoms with E-state index in [9.17, 15) is 4.79 Å². The zero-order valence-electron chi connectivity index (χ0n) is 16.7. The van der Waals surface area contributed by atoms with Gasteiger partial charge in [-0.25, -0.2) is 0 Å². The molecule has 1 amide bonds. The normalized spacial score (nSPS) is 15.9. The van der Waals surface area contributed by atoms with Crippen LogP contribution >= 0.6 is 11.6 Å². The van der Waals surface area contributed by atoms with Gasteiger partial charge in [-0.1, -0.05) is 28.9 Å². The molecule has 4 rings (SSSR count). The number of nitrogens with zero attached hydrogens (tertiary/aromatic N) is 2. The van der Waals surface area contributed by atoms with Crippen LogP contribution in [0.4, 0.5) is 0 Å². The van der Waals surface area contributed by atoms with Crippen molar-refractivity contribution in [2.45, 2.75) is 25.5 Å². The van der Waals surface area contributed by atoms with E-state index in [1.165, 1.54) is 0 Å². The molecule has 0 aliphatic carbocycles. The predicted molar refractivity (Wildman–Crippen MR) is 114 cm³/mol. The zero-order chi connectivity index (χ0) is 20.9. The third-order valence-electron chi connectivity index (χ3n) is 5.09. The fourth-order valence-electron chi connectivity index (χ4n) is 3.52. The Morgan fingerprint density at radius 2 is 2.07 bits per heavy atom. The molecule has 1 fully saturated rings. The molecular weight excluding hydrogens is 404 g/mol. The molecule has 7 heteroatoms. The predicted octanol–water partition coefficient (Wildman–Crippen LogP) is 4.83. The van der Waals surface area contributed by atoms with E-state index in [1.54, 1.807) is 36.3 Å². The Morgan fingerprint density at radius 1 is 1.23 bits per heavy atom. The molecule has 0 bridgehead atoms. The van der Waals surface area contributed by atoms with Crippen molar-refractivity contribution < 1.29 is 18.8 Å². The summed E-state index contributed by atoms with van der Waals surface area (Å²) >= 11 is 5.97. The monoisotopic (exact) mass is 426 g/mol. The Morgan fingerprint density at radius 3 is 2.80 bits per heavy atom. The average Bonchev–Trinajstić information content (AvgIpc) is 3.46. The van der Waals surface area contributed by atoms with E-state index in [-0.39, 0.29) is 12.0 Å². The summed E-state index contributed by atoms with van der Waals surface area (Å²) in [5.74, 6) is 1.27. The van der Waals surface area contributed by atoms with Crippen LogP contribution in [0.1, 0.15) is 28.9 Å². The number of rotatable bonds is 7. The summed E-state index contributed by atoms with van der Waals surface area (Å²) in [7, 11) is 1.62. The molecule has 1 unspecified atom stereocenters. The number of hydrogen-bond acceptors (Lipinski definition) is 5. The summed E-state index contributed by atoms with van der Waals surface area (Å²) in [6.07, 6.45) is 1.99. The smallest absolute Gasteiger partial charge is 0.254 e. The van der Waals surface area contributed by atoms with Crippen LogP contribution in [-0.4, -0.2) is 42.3 Å². The van der Waals surface area contributed by atoms with Crippen molar-refractivity contribution in [3.8, 4) is 17.1 Å². The van der Waals surface area contributed by atoms with Gasteiger partial charge in [0, 0.05) is 35.4 Å². The first-order valence-electron chi connectivity index (χ1n) is 9.89. The molecule has 0 saturated carbocycles. The summed E-state index contributed by atoms with van der Waals surface area (Å²) in [5, 5.41) is 4.78. The SMILES string of the molecule is COc1cccc(-c2cc(CN(CC3CCCO3)C(=O)c3ccc(Cl)cc3)no2)c1. The molecular formula is C23H23ClN2O4. The molecule has 0 N–H and O–H groups in total. The van der Waals surface area contributed by atoms with E-state index in [2.05, 4.69) is 5.16 Å². The Labute approximate surface area is 180 Å². The van der Waals surface area contributed by atoms with Crippen LogP contribution in [0.25, 0.3) is 11.3 Å². The highest BCUT2D eigenvalue weighted by Crippen LogP contribution is 2.25. The molecule has 0 spiro atoms. The Kier molecular flexibility index (Phi) is 6.35. The highest BCUT2D eigenvalue weighted by Gasteiger charge is 2.25. The molecule has 156 valence electrons. The van der Waals surface area contributed by atoms with Crippen molar-refractivity contribution in [3.05, 3.63) is 70.9 Å². The molecule has 1 aliphatic rings. The molecule has 30 heavy (non-hydrogen) atoms. The summed E-state index contributed by atoms with van der Waals surface area (Å²) in [6, 6.07) is 16.3. The zero-order valence-corrected chi connectivity index (χ0v) is 17.5. The molecule has 1 atom stereocenters. The van der Waals surface area contributed by atoms with Crippen LogP contribution in [0.5, 0.6) is 5.75 Å². The minimum Gasteiger partial charge on any atom is -0.497 e. The van der Waals surface area contributed by atoms with Crippen molar-refractivity contribution in [1.29, 1.82) is 0 Å². The standard InChI is InChI=1S/C23H23ClN2O4/c1-28-20-5-2-4-17(12-20)22-13-19(25-30-22)14-26(15-21-6-3-11-29-21)23(27)16-7-9-18(24)10-8-16/h2,4-5,7-10,12-13,21H,3,6,11,14-15H2,1H3. The Balaban J connectivity index is 1.54. The summed E-state index contributed by atoms with van der Waals surface area (Å²) in [5.41, 5.74) is 2.12. The first-order chi connectivity index (χ1) is 14.6. The maximum absolute atomic E-state index is 13.2. The lowest BCUT2D eigenvalue weighted by atomic mass is 10.1. The van der Waals surface area contributed by atoms with E-state index in [4.69, 9.17) is 25.6 Å². The Bertz CT molecular complexity index is 996. The maximum atomic E-state index is 13.2. The highest BCUT2D eigenvalue weighted by molar-refractivity contribution is 6.30. The molecule has 0 radical (unpaired) electrons. The lowest BCUT2D eigenvalue weighted by Crippen LogP contribution is -2.37. The van der Waals surface area contributed by atoms with Crippen molar-refractivity contribution in [2.24, 2.45) is 0 Å². The first kappa shape index (κ1) is 20.4. The fourth-order valence-corrected chi connectivity index (χ4v) is 3.65. The average molecular weight is 427 g/mol. The van der Waals surface area contributed by atoms with Crippen molar-refractivity contribution in [3.63, 3.8) is 0 Å². The van der Waals surface area contributed by atoms with Gasteiger partial charge >= 0.3 is 0 Å². The van der Waals surface area contributed by atoms with E-state index in [0.29, 0.717) is 35.1 Å². The van der Waals surface area contributed by atoms with Gasteiger partial charge in [-0.3, -0.25) is 4.79 Å². The van der Waals surface area contributed by atoms with Crippen LogP contribution in [-0.2, 0) is 11.3 Å². The van der Waals surface area contributed by atoms with Crippen LogP contribution in [0.2, 0.25) is 5.02 Å². The molecule has 6 nitrogen and oxygen atoms in total. The second kappa shape index (κ2) is 9.32. The van der Waals surface area contributed by atoms with Crippen LogP contribution < -0.4 is 4.74 Å². The van der Waals surface area contributed by atoms with Gasteiger partial charge in [0.1, 0.15) is 11.4 Å². The second-order valence-electron chi connectivity index (χ2n) is 7.24. The van der Waals surface area contributed by atoms with E-state index in [0.717, 1.165) is 30.8 Å². The summed E-state index contributed by atoms with van der Waals surface area (Å²) in [4.78, 5) is 14.9. The third-order valence-corrected chi connectivity index (χ3v) is 5.34. The lowest BCUT2D eigenvalue weighted by Gasteiger charge is -2.24. The van der Waals surface area contributed by atoms with Crippen LogP contribution in [0.15, 0.2) is 59.1 Å². The van der Waals surface area contributed by atoms with Crippen molar-refractivity contribution in [1.82, 2.24) is 10.1 Å². The topological polar surface area (TPSA) is 64.8 Å². The van der Waals surface area contributed by atoms with Gasteiger partial charge < -0.3 is 18.9 Å². The van der Waals surface area contributed by atoms with Gasteiger partial charge in [-0.05, 0) is 49.2 Å². The van der Waals surface area contributed by atoms with Crippen molar-refractivity contribution in [2.75, 3.05) is 20.3 Å². The number of halogens is 1. The van der Waals surface area contributed by atoms with Gasteiger partial charge in [0.25, 0.3) is 5.91 Å². The Hall–Kier alpha value is -2.83. The number of hydrogen-bond donors (Lipinski definition) is 0. The van der Waals surface area contributed by atoms with Gasteiger partial charge in [-0.2, -0.15) is 0 Å². The number of ether oxygens (including phenoxy) is 2. The van der Waals surface area contributed by atoms with Crippen LogP contribution in [0, 0.1) is 0 Å². The molecule has 2 heterocycles. The van der Waals surface area contributed by atoms with Gasteiger partial charge in [0.2, 0.25) is 0 Å². The molecule has 1 saturated heterocycles. The number of methoxy groups -OCH3 is 1. The number of amides is 1. The van der Waals surface area contributed by atoms with Crippen molar-refractivity contribution >= 4 is 17.5 Å². The lowest BCUT2D eigenvalue weighted by molar-refractivity contribution is 0.0502. The minimum atomic E-state index is -0.0897. The van der Waals surface area contributed by atoms with Gasteiger partial charge in [-0.15, -0.1) is 0 Å². The molecule has 1 aliphatic heterocycles. The first-order valence-corrected chi connectivity index (χ1v) is 10.3. The van der Waals surface area contributed by atoms with E-state index < -0.39 is 0 Å². The maximum Gasteiger partial charge on any atom is 0.254 e. The molecule has 3 aromatic rings. The number of aromatic nitrogens is 1. The molecule has 2 aromatic carbocycles. The highest BCUT2D eigenvalue weighted by atomic mass is 35.5. The molecule has 1 aromatic heterocycles. The van der Waals surface area contributed by atoms with E-state index >= 15 is 0 Å². The summed E-state index contributed by atoms with van der Waals surface area (Å²) in [6.45, 7) is 1.56. The number of carbonyl (C=O) groups is 1. The van der Waals surface area contributed by atoms with Gasteiger partial charge in [0.05, 0.1) is 19.8 Å². The minimum absolute atomic E-state index is 0.0333. The van der Waals surface area contributed by atoms with E-state index in [1.807, 2.05) is 30.3 Å². The number of carbonyl (C=O) groups excluding carboxylic acids is 1. The third kappa shape index (κ3) is 4.83. The largest absolute Gasteiger partial charge is 0.497 e. The second-order valence-corrected chi connectivity index (χ2v) is 7.68. The van der Waals surface area contributed by atoms with Gasteiger partial charge in [0.15, 0.2) is 5.76 Å². The number of benzene rings is 2. The van der Waals surface area contributed by atoms with Crippen LogP contribution in [0.3, 0.4) is 0 Å². The summed E-state index contributed by atoms with van der Waals surface area (Å²) < 4.78 is 16.6.